The van der Waals surface area contributed by atoms with Crippen LogP contribution in [0.3, 0.4) is 0 Å². The molecule has 3 heterocycles. The summed E-state index contributed by atoms with van der Waals surface area (Å²) in [6.45, 7) is 1.81. The van der Waals surface area contributed by atoms with Gasteiger partial charge in [0.05, 0.1) is 17.1 Å². The van der Waals surface area contributed by atoms with Crippen molar-refractivity contribution in [3.8, 4) is 0 Å². The Morgan fingerprint density at radius 1 is 1.04 bits per heavy atom. The number of fused-ring (bicyclic) bond motifs is 3. The van der Waals surface area contributed by atoms with Crippen molar-refractivity contribution in [1.82, 2.24) is 9.97 Å². The summed E-state index contributed by atoms with van der Waals surface area (Å²) in [5.41, 5.74) is 3.71. The molecule has 27 heavy (non-hydrogen) atoms. The van der Waals surface area contributed by atoms with Crippen molar-refractivity contribution in [2.45, 2.75) is 13.3 Å². The molecule has 0 spiro atoms. The van der Waals surface area contributed by atoms with Crippen LogP contribution in [0.1, 0.15) is 16.3 Å². The minimum absolute atomic E-state index is 0.116. The van der Waals surface area contributed by atoms with E-state index in [9.17, 15) is 4.79 Å². The fourth-order valence-corrected chi connectivity index (χ4v) is 4.60. The predicted octanol–water partition coefficient (Wildman–Crippen LogP) is 4.39. The number of nitrogens with zero attached hydrogens (tertiary/aromatic N) is 3. The van der Waals surface area contributed by atoms with Crippen LogP contribution in [0.5, 0.6) is 0 Å². The zero-order chi connectivity index (χ0) is 18.4. The molecule has 2 aromatic heterocycles. The van der Waals surface area contributed by atoms with Gasteiger partial charge in [0.15, 0.2) is 0 Å². The van der Waals surface area contributed by atoms with E-state index >= 15 is 0 Å². The van der Waals surface area contributed by atoms with E-state index in [2.05, 4.69) is 22.1 Å². The summed E-state index contributed by atoms with van der Waals surface area (Å²) >= 11 is 1.57. The number of anilines is 2. The molecule has 6 heteroatoms. The van der Waals surface area contributed by atoms with Gasteiger partial charge in [-0.25, -0.2) is 9.99 Å². The molecule has 132 valence electrons. The summed E-state index contributed by atoms with van der Waals surface area (Å²) < 4.78 is 0. The largest absolute Gasteiger partial charge is 0.310 e. The molecule has 0 unspecified atom stereocenters. The Hall–Kier alpha value is -3.25. The van der Waals surface area contributed by atoms with E-state index in [1.54, 1.807) is 18.3 Å². The molecule has 0 atom stereocenters. The number of H-pyrrole nitrogens is 1. The first-order valence-electron chi connectivity index (χ1n) is 8.71. The zero-order valence-corrected chi connectivity index (χ0v) is 15.5. The van der Waals surface area contributed by atoms with E-state index in [-0.39, 0.29) is 5.56 Å². The van der Waals surface area contributed by atoms with Gasteiger partial charge < -0.3 is 4.98 Å². The van der Waals surface area contributed by atoms with Gasteiger partial charge in [-0.2, -0.15) is 5.10 Å². The summed E-state index contributed by atoms with van der Waals surface area (Å²) in [5.74, 6) is 0.626. The molecule has 0 bridgehead atoms. The highest BCUT2D eigenvalue weighted by Gasteiger charge is 2.28. The van der Waals surface area contributed by atoms with Gasteiger partial charge in [-0.3, -0.25) is 4.79 Å². The Balaban J connectivity index is 1.78. The van der Waals surface area contributed by atoms with E-state index in [0.29, 0.717) is 17.6 Å². The summed E-state index contributed by atoms with van der Waals surface area (Å²) in [5, 5.41) is 7.42. The number of aromatic amines is 1. The number of thiophene rings is 1. The van der Waals surface area contributed by atoms with Crippen molar-refractivity contribution in [3.05, 3.63) is 87.3 Å². The number of rotatable bonds is 2. The average Bonchev–Trinajstić information content (AvgIpc) is 3.07. The number of aromatic nitrogens is 2. The third kappa shape index (κ3) is 2.65. The molecule has 1 aliphatic rings. The van der Waals surface area contributed by atoms with E-state index in [1.807, 2.05) is 53.5 Å². The van der Waals surface area contributed by atoms with Crippen LogP contribution < -0.4 is 10.6 Å². The van der Waals surface area contributed by atoms with Crippen LogP contribution in [0.4, 0.5) is 11.4 Å². The molecular weight excluding hydrogens is 356 g/mol. The highest BCUT2D eigenvalue weighted by atomic mass is 32.1. The number of hydrogen-bond donors (Lipinski definition) is 1. The maximum atomic E-state index is 12.7. The van der Waals surface area contributed by atoms with Gasteiger partial charge in [0.2, 0.25) is 0 Å². The van der Waals surface area contributed by atoms with Crippen LogP contribution in [0.25, 0.3) is 10.2 Å². The van der Waals surface area contributed by atoms with Crippen LogP contribution in [0, 0.1) is 6.92 Å². The van der Waals surface area contributed by atoms with Crippen molar-refractivity contribution in [2.75, 3.05) is 5.01 Å². The maximum Gasteiger partial charge on any atom is 0.261 e. The zero-order valence-electron chi connectivity index (χ0n) is 14.6. The lowest BCUT2D eigenvalue weighted by Crippen LogP contribution is -2.22. The molecule has 1 aliphatic heterocycles. The monoisotopic (exact) mass is 372 g/mol. The Kier molecular flexibility index (Phi) is 3.65. The molecule has 0 aliphatic carbocycles. The van der Waals surface area contributed by atoms with Crippen LogP contribution in [0.2, 0.25) is 0 Å². The molecule has 5 rings (SSSR count). The van der Waals surface area contributed by atoms with Crippen molar-refractivity contribution < 1.29 is 0 Å². The molecule has 4 aromatic rings. The highest BCUT2D eigenvalue weighted by molar-refractivity contribution is 7.19. The number of hydrazone groups is 1. The second kappa shape index (κ2) is 6.17. The van der Waals surface area contributed by atoms with Gasteiger partial charge in [0, 0.05) is 11.3 Å². The number of aryl methyl sites for hydroxylation is 1. The topological polar surface area (TPSA) is 61.4 Å². The van der Waals surface area contributed by atoms with Crippen LogP contribution in [-0.4, -0.2) is 15.7 Å². The van der Waals surface area contributed by atoms with Gasteiger partial charge in [0.1, 0.15) is 16.0 Å². The smallest absolute Gasteiger partial charge is 0.261 e. The van der Waals surface area contributed by atoms with Crippen molar-refractivity contribution >= 4 is 38.6 Å². The number of nitrogens with one attached hydrogen (secondary N) is 1. The standard InChI is InChI=1S/C21H16N4OS/c1-13-22-20(26)18-19-17(27-21(18)23-13)12-16(14-8-4-2-5-9-14)24-25(19)15-10-6-3-7-11-15/h2-11H,12H2,1H3,(H,22,23,26). The fourth-order valence-electron chi connectivity index (χ4n) is 3.40. The van der Waals surface area contributed by atoms with Gasteiger partial charge in [-0.05, 0) is 24.6 Å². The molecule has 0 saturated carbocycles. The second-order valence-corrected chi connectivity index (χ2v) is 7.53. The highest BCUT2D eigenvalue weighted by Crippen LogP contribution is 2.42. The van der Waals surface area contributed by atoms with Crippen LogP contribution in [0.15, 0.2) is 70.6 Å². The van der Waals surface area contributed by atoms with E-state index in [4.69, 9.17) is 5.10 Å². The first-order chi connectivity index (χ1) is 13.2. The van der Waals surface area contributed by atoms with E-state index < -0.39 is 0 Å². The first kappa shape index (κ1) is 16.0. The van der Waals surface area contributed by atoms with Gasteiger partial charge in [0.25, 0.3) is 5.56 Å². The van der Waals surface area contributed by atoms with Crippen LogP contribution >= 0.6 is 11.3 Å². The maximum absolute atomic E-state index is 12.7. The molecule has 0 radical (unpaired) electrons. The second-order valence-electron chi connectivity index (χ2n) is 6.44. The minimum Gasteiger partial charge on any atom is -0.310 e. The summed E-state index contributed by atoms with van der Waals surface area (Å²) in [7, 11) is 0. The third-order valence-corrected chi connectivity index (χ3v) is 5.67. The number of para-hydroxylation sites is 1. The van der Waals surface area contributed by atoms with E-state index in [1.165, 1.54) is 0 Å². The lowest BCUT2D eigenvalue weighted by atomic mass is 10.0. The quantitative estimate of drug-likeness (QED) is 0.568. The normalized spacial score (nSPS) is 13.5. The summed E-state index contributed by atoms with van der Waals surface area (Å²) in [4.78, 5) is 21.9. The first-order valence-corrected chi connectivity index (χ1v) is 9.53. The molecule has 5 nitrogen and oxygen atoms in total. The van der Waals surface area contributed by atoms with Crippen molar-refractivity contribution in [3.63, 3.8) is 0 Å². The Morgan fingerprint density at radius 3 is 2.48 bits per heavy atom. The van der Waals surface area contributed by atoms with Crippen molar-refractivity contribution in [2.24, 2.45) is 5.10 Å². The molecule has 1 N–H and O–H groups in total. The van der Waals surface area contributed by atoms with E-state index in [0.717, 1.165) is 32.4 Å². The fraction of sp³-hybridized carbons (Fsp3) is 0.0952. The Morgan fingerprint density at radius 2 is 1.74 bits per heavy atom. The summed E-state index contributed by atoms with van der Waals surface area (Å²) in [6, 6.07) is 20.1. The number of hydrogen-bond acceptors (Lipinski definition) is 5. The predicted molar refractivity (Wildman–Crippen MR) is 110 cm³/mol. The molecule has 0 amide bonds. The van der Waals surface area contributed by atoms with Gasteiger partial charge >= 0.3 is 0 Å². The Labute approximate surface area is 159 Å². The Bertz CT molecular complexity index is 1230. The van der Waals surface area contributed by atoms with Gasteiger partial charge in [-0.1, -0.05) is 48.5 Å². The van der Waals surface area contributed by atoms with Gasteiger partial charge in [-0.15, -0.1) is 11.3 Å². The number of benzene rings is 2. The molecule has 0 fully saturated rings. The van der Waals surface area contributed by atoms with Crippen LogP contribution in [-0.2, 0) is 6.42 Å². The average molecular weight is 372 g/mol. The molecular formula is C21H16N4OS. The third-order valence-electron chi connectivity index (χ3n) is 4.59. The minimum atomic E-state index is -0.116. The summed E-state index contributed by atoms with van der Waals surface area (Å²) in [6.07, 6.45) is 0.683. The molecule has 0 saturated heterocycles. The molecule has 2 aromatic carbocycles. The lowest BCUT2D eigenvalue weighted by Gasteiger charge is -2.26. The SMILES string of the molecule is Cc1nc2sc3c(c2c(=O)[nH]1)N(c1ccccc1)N=C(c1ccccc1)C3. The lowest BCUT2D eigenvalue weighted by molar-refractivity contribution is 1.03. The van der Waals surface area contributed by atoms with Crippen molar-refractivity contribution in [1.29, 1.82) is 0 Å².